The van der Waals surface area contributed by atoms with Crippen molar-refractivity contribution in [2.75, 3.05) is 13.2 Å². The summed E-state index contributed by atoms with van der Waals surface area (Å²) in [7, 11) is 0. The van der Waals surface area contributed by atoms with Crippen molar-refractivity contribution in [3.8, 4) is 0 Å². The zero-order valence-electron chi connectivity index (χ0n) is 44.3. The van der Waals surface area contributed by atoms with E-state index < -0.39 is 6.10 Å². The predicted molar refractivity (Wildman–Crippen MR) is 293 cm³/mol. The monoisotopic (exact) mass is 945 g/mol. The van der Waals surface area contributed by atoms with Gasteiger partial charge in [0.25, 0.3) is 0 Å². The number of hydrogen-bond donors (Lipinski definition) is 0. The highest BCUT2D eigenvalue weighted by Gasteiger charge is 2.19. The van der Waals surface area contributed by atoms with Gasteiger partial charge in [-0.05, 0) is 64.2 Å². The molecule has 68 heavy (non-hydrogen) atoms. The van der Waals surface area contributed by atoms with Crippen LogP contribution in [0.5, 0.6) is 0 Å². The van der Waals surface area contributed by atoms with Crippen molar-refractivity contribution in [1.29, 1.82) is 0 Å². The Labute approximate surface area is 419 Å². The van der Waals surface area contributed by atoms with Crippen molar-refractivity contribution in [3.05, 3.63) is 97.2 Å². The molecule has 388 valence electrons. The van der Waals surface area contributed by atoms with Gasteiger partial charge in [-0.2, -0.15) is 0 Å². The number of allylic oxidation sites excluding steroid dienone is 16. The number of carbonyl (C=O) groups excluding carboxylic acids is 3. The molecular weight excluding hydrogens is 841 g/mol. The molecule has 6 nitrogen and oxygen atoms in total. The second-order valence-corrected chi connectivity index (χ2v) is 18.7. The van der Waals surface area contributed by atoms with Gasteiger partial charge in [0.15, 0.2) is 6.10 Å². The molecule has 1 unspecified atom stereocenters. The van der Waals surface area contributed by atoms with Crippen LogP contribution in [0.1, 0.15) is 258 Å². The van der Waals surface area contributed by atoms with E-state index in [2.05, 4.69) is 81.5 Å². The molecule has 0 fully saturated rings. The van der Waals surface area contributed by atoms with Crippen molar-refractivity contribution in [2.45, 2.75) is 264 Å². The molecule has 0 heterocycles. The Bertz CT molecular complexity index is 1360. The maximum Gasteiger partial charge on any atom is 0.306 e. The average molecular weight is 946 g/mol. The Kier molecular flexibility index (Phi) is 52.9. The minimum absolute atomic E-state index is 0.0990. The van der Waals surface area contributed by atoms with Crippen LogP contribution < -0.4 is 0 Å². The standard InChI is InChI=1S/C62H104O6/c1-4-7-10-13-16-19-22-25-27-29-31-33-34-37-40-43-46-49-52-55-61(64)67-58-59(57-66-60(63)54-51-48-45-42-39-36-24-21-18-15-12-9-6-3)68-62(65)56-53-50-47-44-41-38-35-32-30-28-26-23-20-17-14-11-8-5-2/h9,12,15,17-18,20-21,23-24,26,28,30,32,35-36,39,59H,4-8,10-11,13-14,16,19,22,25,27,29,31,33-34,37-38,40-58H2,1-3H3/b12-9+,18-15+,20-17+,24-21+,26-23+,30-28+,35-32+,39-36+. The van der Waals surface area contributed by atoms with E-state index in [0.29, 0.717) is 19.3 Å². The molecule has 6 heteroatoms. The van der Waals surface area contributed by atoms with E-state index in [0.717, 1.165) is 96.3 Å². The molecule has 0 amide bonds. The van der Waals surface area contributed by atoms with Gasteiger partial charge < -0.3 is 14.2 Å². The van der Waals surface area contributed by atoms with Gasteiger partial charge >= 0.3 is 17.9 Å². The summed E-state index contributed by atoms with van der Waals surface area (Å²) < 4.78 is 16.8. The van der Waals surface area contributed by atoms with Crippen LogP contribution in [0.4, 0.5) is 0 Å². The van der Waals surface area contributed by atoms with Crippen LogP contribution in [0.3, 0.4) is 0 Å². The number of ether oxygens (including phenoxy) is 3. The molecule has 0 aliphatic heterocycles. The van der Waals surface area contributed by atoms with Crippen LogP contribution in [0.25, 0.3) is 0 Å². The molecule has 1 atom stereocenters. The topological polar surface area (TPSA) is 78.9 Å². The Morgan fingerprint density at radius 3 is 0.941 bits per heavy atom. The first-order valence-corrected chi connectivity index (χ1v) is 28.3. The molecule has 0 aromatic carbocycles. The molecule has 0 aromatic heterocycles. The fourth-order valence-electron chi connectivity index (χ4n) is 7.76. The molecule has 0 aliphatic carbocycles. The van der Waals surface area contributed by atoms with Gasteiger partial charge in [0, 0.05) is 19.3 Å². The number of esters is 3. The normalized spacial score (nSPS) is 12.8. The van der Waals surface area contributed by atoms with Gasteiger partial charge in [-0.3, -0.25) is 14.4 Å². The Hall–Kier alpha value is -3.67. The summed E-state index contributed by atoms with van der Waals surface area (Å²) in [6, 6.07) is 0. The van der Waals surface area contributed by atoms with Gasteiger partial charge in [-0.1, -0.05) is 272 Å². The van der Waals surface area contributed by atoms with Gasteiger partial charge in [-0.25, -0.2) is 0 Å². The van der Waals surface area contributed by atoms with Crippen LogP contribution in [0.2, 0.25) is 0 Å². The minimum atomic E-state index is -0.806. The summed E-state index contributed by atoms with van der Waals surface area (Å²) in [6.07, 6.45) is 74.0. The van der Waals surface area contributed by atoms with Crippen molar-refractivity contribution in [2.24, 2.45) is 0 Å². The molecule has 0 aromatic rings. The summed E-state index contributed by atoms with van der Waals surface area (Å²) in [5.74, 6) is -0.959. The summed E-state index contributed by atoms with van der Waals surface area (Å²) >= 11 is 0. The van der Waals surface area contributed by atoms with Crippen LogP contribution >= 0.6 is 0 Å². The fraction of sp³-hybridized carbons (Fsp3) is 0.694. The molecule has 0 saturated heterocycles. The summed E-state index contributed by atoms with van der Waals surface area (Å²) in [4.78, 5) is 38.1. The second-order valence-electron chi connectivity index (χ2n) is 18.7. The highest BCUT2D eigenvalue weighted by atomic mass is 16.6. The third-order valence-electron chi connectivity index (χ3n) is 12.0. The van der Waals surface area contributed by atoms with Crippen molar-refractivity contribution < 1.29 is 28.6 Å². The molecule has 0 aliphatic rings. The van der Waals surface area contributed by atoms with E-state index in [9.17, 15) is 14.4 Å². The third kappa shape index (κ3) is 53.3. The van der Waals surface area contributed by atoms with E-state index in [1.54, 1.807) is 0 Å². The zero-order chi connectivity index (χ0) is 49.3. The lowest BCUT2D eigenvalue weighted by Crippen LogP contribution is -2.30. The first-order valence-electron chi connectivity index (χ1n) is 28.3. The van der Waals surface area contributed by atoms with Crippen LogP contribution in [-0.2, 0) is 28.6 Å². The third-order valence-corrected chi connectivity index (χ3v) is 12.0. The molecular formula is C62H104O6. The summed E-state index contributed by atoms with van der Waals surface area (Å²) in [5, 5.41) is 0. The number of rotatable bonds is 50. The predicted octanol–water partition coefficient (Wildman–Crippen LogP) is 18.9. The zero-order valence-corrected chi connectivity index (χ0v) is 44.3. The Morgan fingerprint density at radius 2 is 0.574 bits per heavy atom. The van der Waals surface area contributed by atoms with Gasteiger partial charge in [0.1, 0.15) is 13.2 Å². The first-order chi connectivity index (χ1) is 33.5. The number of unbranched alkanes of at least 4 members (excludes halogenated alkanes) is 29. The van der Waals surface area contributed by atoms with Crippen LogP contribution in [0, 0.1) is 0 Å². The lowest BCUT2D eigenvalue weighted by atomic mass is 10.0. The highest BCUT2D eigenvalue weighted by Crippen LogP contribution is 2.16. The highest BCUT2D eigenvalue weighted by molar-refractivity contribution is 5.71. The smallest absolute Gasteiger partial charge is 0.306 e. The second kappa shape index (κ2) is 55.9. The van der Waals surface area contributed by atoms with Crippen LogP contribution in [0.15, 0.2) is 97.2 Å². The SMILES string of the molecule is CC/C=C/C=C/C=C/C=C/CCCCCC(=O)OCC(COC(=O)CCCCCCCCCCCCCCCCCCCCC)OC(=O)CCCCCCC/C=C/C=C/C=C/C=C/CCCCC. The summed E-state index contributed by atoms with van der Waals surface area (Å²) in [5.41, 5.74) is 0. The average Bonchev–Trinajstić information content (AvgIpc) is 3.34. The molecule has 0 radical (unpaired) electrons. The first kappa shape index (κ1) is 64.3. The maximum absolute atomic E-state index is 12.8. The van der Waals surface area contributed by atoms with Crippen molar-refractivity contribution >= 4 is 17.9 Å². The van der Waals surface area contributed by atoms with Gasteiger partial charge in [0.2, 0.25) is 0 Å². The van der Waals surface area contributed by atoms with Crippen molar-refractivity contribution in [1.82, 2.24) is 0 Å². The molecule has 0 saturated carbocycles. The van der Waals surface area contributed by atoms with E-state index in [4.69, 9.17) is 14.2 Å². The quantitative estimate of drug-likeness (QED) is 0.0262. The van der Waals surface area contributed by atoms with Gasteiger partial charge in [-0.15, -0.1) is 0 Å². The Morgan fingerprint density at radius 1 is 0.309 bits per heavy atom. The largest absolute Gasteiger partial charge is 0.462 e. The van der Waals surface area contributed by atoms with E-state index in [-0.39, 0.29) is 31.1 Å². The van der Waals surface area contributed by atoms with Gasteiger partial charge in [0.05, 0.1) is 0 Å². The van der Waals surface area contributed by atoms with E-state index >= 15 is 0 Å². The van der Waals surface area contributed by atoms with E-state index in [1.807, 2.05) is 36.5 Å². The number of carbonyl (C=O) groups is 3. The minimum Gasteiger partial charge on any atom is -0.462 e. The molecule has 0 bridgehead atoms. The molecule has 0 rings (SSSR count). The lowest BCUT2D eigenvalue weighted by Gasteiger charge is -2.18. The van der Waals surface area contributed by atoms with Crippen LogP contribution in [-0.4, -0.2) is 37.2 Å². The van der Waals surface area contributed by atoms with Crippen molar-refractivity contribution in [3.63, 3.8) is 0 Å². The summed E-state index contributed by atoms with van der Waals surface area (Å²) in [6.45, 7) is 6.42. The fourth-order valence-corrected chi connectivity index (χ4v) is 7.76. The Balaban J connectivity index is 4.44. The molecule has 0 spiro atoms. The molecule has 0 N–H and O–H groups in total. The van der Waals surface area contributed by atoms with E-state index in [1.165, 1.54) is 122 Å². The number of hydrogen-bond acceptors (Lipinski definition) is 6. The maximum atomic E-state index is 12.8. The lowest BCUT2D eigenvalue weighted by molar-refractivity contribution is -0.167.